The zero-order chi connectivity index (χ0) is 9.61. The van der Waals surface area contributed by atoms with E-state index in [9.17, 15) is 0 Å². The molecule has 12 heavy (non-hydrogen) atoms. The standard InChI is InChI=1S/C5H4N2.C5H12/c1-2-5-6-3-4-7-5;1-5(2,3)4/h1,3-4H,(H,6,7);1-4H3. The minimum Gasteiger partial charge on any atom is -0.338 e. The average molecular weight is 164 g/mol. The molecular formula is C10H16N2. The molecule has 0 unspecified atom stereocenters. The Balaban J connectivity index is 0.000000217. The summed E-state index contributed by atoms with van der Waals surface area (Å²) in [5.41, 5.74) is 0.500. The van der Waals surface area contributed by atoms with E-state index in [0.29, 0.717) is 11.2 Å². The Kier molecular flexibility index (Phi) is 4.14. The number of terminal acetylenes is 1. The zero-order valence-corrected chi connectivity index (χ0v) is 8.18. The first-order chi connectivity index (χ1) is 5.43. The van der Waals surface area contributed by atoms with Gasteiger partial charge in [-0.25, -0.2) is 4.98 Å². The molecule has 1 rings (SSSR count). The molecule has 0 bridgehead atoms. The number of hydrogen-bond acceptors (Lipinski definition) is 1. The van der Waals surface area contributed by atoms with Crippen molar-refractivity contribution in [3.8, 4) is 12.3 Å². The highest BCUT2D eigenvalue weighted by Crippen LogP contribution is 2.08. The molecule has 66 valence electrons. The van der Waals surface area contributed by atoms with Crippen LogP contribution in [-0.2, 0) is 0 Å². The molecule has 0 radical (unpaired) electrons. The maximum absolute atomic E-state index is 4.95. The van der Waals surface area contributed by atoms with E-state index in [1.807, 2.05) is 0 Å². The van der Waals surface area contributed by atoms with Gasteiger partial charge in [0, 0.05) is 12.4 Å². The van der Waals surface area contributed by atoms with Crippen molar-refractivity contribution >= 4 is 0 Å². The van der Waals surface area contributed by atoms with Crippen LogP contribution >= 0.6 is 0 Å². The summed E-state index contributed by atoms with van der Waals surface area (Å²) in [6.07, 6.45) is 8.26. The van der Waals surface area contributed by atoms with E-state index in [4.69, 9.17) is 6.42 Å². The van der Waals surface area contributed by atoms with Gasteiger partial charge in [0.15, 0.2) is 5.82 Å². The van der Waals surface area contributed by atoms with E-state index >= 15 is 0 Å². The van der Waals surface area contributed by atoms with Crippen molar-refractivity contribution in [1.82, 2.24) is 9.97 Å². The molecule has 0 fully saturated rings. The molecule has 1 aromatic rings. The monoisotopic (exact) mass is 164 g/mol. The Labute approximate surface area is 74.4 Å². The van der Waals surface area contributed by atoms with Gasteiger partial charge >= 0.3 is 0 Å². The SMILES string of the molecule is C#Cc1ncc[nH]1.CC(C)(C)C. The second kappa shape index (κ2) is 4.61. The number of hydrogen-bond donors (Lipinski definition) is 1. The molecule has 2 nitrogen and oxygen atoms in total. The quantitative estimate of drug-likeness (QED) is 0.586. The number of nitrogens with one attached hydrogen (secondary N) is 1. The van der Waals surface area contributed by atoms with E-state index in [0.717, 1.165) is 0 Å². The smallest absolute Gasteiger partial charge is 0.182 e. The van der Waals surface area contributed by atoms with Crippen molar-refractivity contribution in [3.63, 3.8) is 0 Å². The number of aromatic nitrogens is 2. The molecule has 1 aromatic heterocycles. The first kappa shape index (κ1) is 10.8. The van der Waals surface area contributed by atoms with Crippen molar-refractivity contribution in [1.29, 1.82) is 0 Å². The summed E-state index contributed by atoms with van der Waals surface area (Å²) in [4.78, 5) is 6.48. The maximum atomic E-state index is 4.95. The van der Waals surface area contributed by atoms with Crippen LogP contribution in [0.4, 0.5) is 0 Å². The lowest BCUT2D eigenvalue weighted by Crippen LogP contribution is -1.93. The fourth-order valence-corrected chi connectivity index (χ4v) is 0.344. The van der Waals surface area contributed by atoms with Crippen LogP contribution < -0.4 is 0 Å². The lowest BCUT2D eigenvalue weighted by molar-refractivity contribution is 0.469. The molecule has 0 saturated carbocycles. The van der Waals surface area contributed by atoms with Crippen molar-refractivity contribution < 1.29 is 0 Å². The minimum absolute atomic E-state index is 0.500. The lowest BCUT2D eigenvalue weighted by atomic mass is 10.0. The fourth-order valence-electron chi connectivity index (χ4n) is 0.344. The highest BCUT2D eigenvalue weighted by Gasteiger charge is 1.95. The second-order valence-corrected chi connectivity index (χ2v) is 4.08. The van der Waals surface area contributed by atoms with Gasteiger partial charge in [0.1, 0.15) is 0 Å². The second-order valence-electron chi connectivity index (χ2n) is 4.08. The van der Waals surface area contributed by atoms with Crippen LogP contribution in [0.1, 0.15) is 33.5 Å². The molecule has 0 aliphatic rings. The molecule has 0 atom stereocenters. The number of rotatable bonds is 0. The molecule has 0 aromatic carbocycles. The van der Waals surface area contributed by atoms with Crippen LogP contribution in [0.3, 0.4) is 0 Å². The molecule has 2 heteroatoms. The predicted molar refractivity (Wildman–Crippen MR) is 51.7 cm³/mol. The van der Waals surface area contributed by atoms with Crippen molar-refractivity contribution in [2.24, 2.45) is 5.41 Å². The Morgan fingerprint density at radius 1 is 1.42 bits per heavy atom. The first-order valence-electron chi connectivity index (χ1n) is 3.89. The van der Waals surface area contributed by atoms with Gasteiger partial charge < -0.3 is 4.98 Å². The third kappa shape index (κ3) is 8.77. The Bertz CT molecular complexity index is 228. The fraction of sp³-hybridized carbons (Fsp3) is 0.500. The van der Waals surface area contributed by atoms with E-state index in [1.54, 1.807) is 12.4 Å². The summed E-state index contributed by atoms with van der Waals surface area (Å²) < 4.78 is 0. The van der Waals surface area contributed by atoms with Gasteiger partial charge in [-0.2, -0.15) is 0 Å². The topological polar surface area (TPSA) is 28.7 Å². The molecule has 0 spiro atoms. The minimum atomic E-state index is 0.500. The molecule has 1 N–H and O–H groups in total. The number of nitrogens with zero attached hydrogens (tertiary/aromatic N) is 1. The zero-order valence-electron chi connectivity index (χ0n) is 8.18. The normalized spacial score (nSPS) is 9.58. The molecule has 0 saturated heterocycles. The Hall–Kier alpha value is -1.23. The van der Waals surface area contributed by atoms with Gasteiger partial charge in [0.25, 0.3) is 0 Å². The van der Waals surface area contributed by atoms with E-state index in [2.05, 4.69) is 43.6 Å². The van der Waals surface area contributed by atoms with Crippen LogP contribution in [0.5, 0.6) is 0 Å². The molecule has 0 aliphatic heterocycles. The van der Waals surface area contributed by atoms with Crippen LogP contribution in [0.25, 0.3) is 0 Å². The van der Waals surface area contributed by atoms with Crippen molar-refractivity contribution in [3.05, 3.63) is 18.2 Å². The number of aromatic amines is 1. The number of H-pyrrole nitrogens is 1. The Morgan fingerprint density at radius 2 is 1.92 bits per heavy atom. The van der Waals surface area contributed by atoms with Crippen LogP contribution in [0.15, 0.2) is 12.4 Å². The van der Waals surface area contributed by atoms with Crippen LogP contribution in [-0.4, -0.2) is 9.97 Å². The summed E-state index contributed by atoms with van der Waals surface area (Å²) >= 11 is 0. The molecule has 0 aliphatic carbocycles. The van der Waals surface area contributed by atoms with E-state index in [-0.39, 0.29) is 0 Å². The summed E-state index contributed by atoms with van der Waals surface area (Å²) in [5, 5.41) is 0. The molecule has 1 heterocycles. The van der Waals surface area contributed by atoms with Gasteiger partial charge in [-0.15, -0.1) is 6.42 Å². The molecular weight excluding hydrogens is 148 g/mol. The maximum Gasteiger partial charge on any atom is 0.182 e. The van der Waals surface area contributed by atoms with Crippen LogP contribution in [0, 0.1) is 17.8 Å². The third-order valence-electron chi connectivity index (χ3n) is 0.635. The summed E-state index contributed by atoms with van der Waals surface area (Å²) in [6.45, 7) is 8.75. The van der Waals surface area contributed by atoms with Gasteiger partial charge in [0.2, 0.25) is 0 Å². The van der Waals surface area contributed by atoms with Crippen molar-refractivity contribution in [2.75, 3.05) is 0 Å². The van der Waals surface area contributed by atoms with Gasteiger partial charge in [-0.1, -0.05) is 27.7 Å². The summed E-state index contributed by atoms with van der Waals surface area (Å²) in [5.74, 6) is 2.92. The summed E-state index contributed by atoms with van der Waals surface area (Å²) in [7, 11) is 0. The van der Waals surface area contributed by atoms with Crippen LogP contribution in [0.2, 0.25) is 0 Å². The highest BCUT2D eigenvalue weighted by atomic mass is 14.9. The van der Waals surface area contributed by atoms with Gasteiger partial charge in [-0.05, 0) is 11.3 Å². The van der Waals surface area contributed by atoms with Gasteiger partial charge in [0.05, 0.1) is 0 Å². The predicted octanol–water partition coefficient (Wildman–Crippen LogP) is 2.44. The third-order valence-corrected chi connectivity index (χ3v) is 0.635. The highest BCUT2D eigenvalue weighted by molar-refractivity contribution is 5.13. The largest absolute Gasteiger partial charge is 0.338 e. The first-order valence-corrected chi connectivity index (χ1v) is 3.89. The number of imidazole rings is 1. The van der Waals surface area contributed by atoms with Gasteiger partial charge in [-0.3, -0.25) is 0 Å². The van der Waals surface area contributed by atoms with E-state index < -0.39 is 0 Å². The average Bonchev–Trinajstić information content (AvgIpc) is 2.33. The summed E-state index contributed by atoms with van der Waals surface area (Å²) in [6, 6.07) is 0. The molecule has 0 amide bonds. The Morgan fingerprint density at radius 3 is 2.08 bits per heavy atom. The van der Waals surface area contributed by atoms with Crippen molar-refractivity contribution in [2.45, 2.75) is 27.7 Å². The lowest BCUT2D eigenvalue weighted by Gasteiger charge is -2.05. The van der Waals surface area contributed by atoms with E-state index in [1.165, 1.54) is 0 Å².